The lowest BCUT2D eigenvalue weighted by Crippen LogP contribution is -2.28. The highest BCUT2D eigenvalue weighted by Crippen LogP contribution is 2.27. The second kappa shape index (κ2) is 9.16. The smallest absolute Gasteiger partial charge is 0.264 e. The van der Waals surface area contributed by atoms with Crippen LogP contribution in [0.25, 0.3) is 0 Å². The number of aryl methyl sites for hydroxylation is 1. The first kappa shape index (κ1) is 22.7. The number of nitrogens with zero attached hydrogens (tertiary/aromatic N) is 3. The zero-order valence-corrected chi connectivity index (χ0v) is 19.1. The lowest BCUT2D eigenvalue weighted by molar-refractivity contribution is -0.122. The number of aromatic nitrogens is 2. The summed E-state index contributed by atoms with van der Waals surface area (Å²) in [6, 6.07) is 14.2. The van der Waals surface area contributed by atoms with Crippen molar-refractivity contribution in [1.82, 2.24) is 9.97 Å². The fourth-order valence-electron chi connectivity index (χ4n) is 3.39. The minimum Gasteiger partial charge on any atom is -0.326 e. The molecule has 2 N–H and O–H groups in total. The van der Waals surface area contributed by atoms with Crippen LogP contribution >= 0.6 is 11.6 Å². The molecule has 0 spiro atoms. The maximum Gasteiger partial charge on any atom is 0.264 e. The van der Waals surface area contributed by atoms with Gasteiger partial charge in [-0.1, -0.05) is 11.6 Å². The Labute approximate surface area is 195 Å². The predicted molar refractivity (Wildman–Crippen MR) is 125 cm³/mol. The molecule has 2 amide bonds. The highest BCUT2D eigenvalue weighted by molar-refractivity contribution is 7.92. The number of sulfonamides is 1. The molecule has 1 aliphatic heterocycles. The minimum absolute atomic E-state index is 0.00411. The molecular formula is C22H20ClN5O4S. The molecule has 0 saturated carbocycles. The van der Waals surface area contributed by atoms with Gasteiger partial charge in [0.15, 0.2) is 0 Å². The first-order chi connectivity index (χ1) is 15.7. The van der Waals surface area contributed by atoms with E-state index in [0.717, 1.165) is 0 Å². The predicted octanol–water partition coefficient (Wildman–Crippen LogP) is 3.23. The minimum atomic E-state index is -3.89. The van der Waals surface area contributed by atoms with Gasteiger partial charge in [0.05, 0.1) is 10.8 Å². The molecule has 0 aliphatic carbocycles. The van der Waals surface area contributed by atoms with Gasteiger partial charge in [0, 0.05) is 41.3 Å². The monoisotopic (exact) mass is 485 g/mol. The van der Waals surface area contributed by atoms with Gasteiger partial charge < -0.3 is 10.2 Å². The summed E-state index contributed by atoms with van der Waals surface area (Å²) in [6.45, 7) is 1.97. The first-order valence-electron chi connectivity index (χ1n) is 10.0. The molecule has 1 unspecified atom stereocenters. The van der Waals surface area contributed by atoms with Crippen LogP contribution in [0.15, 0.2) is 65.7 Å². The van der Waals surface area contributed by atoms with Crippen LogP contribution in [0.3, 0.4) is 0 Å². The summed E-state index contributed by atoms with van der Waals surface area (Å²) in [4.78, 5) is 34.5. The average molecular weight is 486 g/mol. The Morgan fingerprint density at radius 2 is 1.79 bits per heavy atom. The van der Waals surface area contributed by atoms with E-state index in [4.69, 9.17) is 11.6 Å². The number of nitrogens with one attached hydrogen (secondary N) is 2. The zero-order chi connectivity index (χ0) is 23.6. The van der Waals surface area contributed by atoms with Crippen molar-refractivity contribution >= 4 is 50.8 Å². The number of benzene rings is 2. The number of carbonyl (C=O) groups excluding carboxylic acids is 2. The molecule has 1 atom stereocenters. The number of rotatable bonds is 6. The number of halogens is 1. The quantitative estimate of drug-likeness (QED) is 0.552. The van der Waals surface area contributed by atoms with Gasteiger partial charge in [-0.3, -0.25) is 9.59 Å². The molecule has 0 bridgehead atoms. The second-order valence-corrected chi connectivity index (χ2v) is 9.64. The fraction of sp³-hybridized carbons (Fsp3) is 0.182. The average Bonchev–Trinajstić information content (AvgIpc) is 3.16. The summed E-state index contributed by atoms with van der Waals surface area (Å²) in [5, 5.41) is 3.30. The van der Waals surface area contributed by atoms with E-state index in [9.17, 15) is 18.0 Å². The Balaban J connectivity index is 1.40. The van der Waals surface area contributed by atoms with Gasteiger partial charge in [-0.25, -0.2) is 23.1 Å². The maximum absolute atomic E-state index is 12.7. The number of hydrogen-bond acceptors (Lipinski definition) is 6. The molecule has 3 aromatic rings. The molecule has 11 heteroatoms. The summed E-state index contributed by atoms with van der Waals surface area (Å²) >= 11 is 5.89. The fourth-order valence-corrected chi connectivity index (χ4v) is 4.47. The number of anilines is 3. The Morgan fingerprint density at radius 3 is 2.45 bits per heavy atom. The highest BCUT2D eigenvalue weighted by atomic mass is 35.5. The molecule has 9 nitrogen and oxygen atoms in total. The lowest BCUT2D eigenvalue weighted by atomic mass is 10.1. The molecule has 1 aromatic heterocycles. The number of carbonyl (C=O) groups is 2. The normalized spacial score (nSPS) is 16.0. The Bertz CT molecular complexity index is 1300. The number of hydrogen-bond donors (Lipinski definition) is 2. The van der Waals surface area contributed by atoms with Crippen molar-refractivity contribution in [1.29, 1.82) is 0 Å². The van der Waals surface area contributed by atoms with E-state index in [0.29, 0.717) is 22.1 Å². The molecule has 1 aliphatic rings. The summed E-state index contributed by atoms with van der Waals surface area (Å²) in [6.07, 6.45) is 1.54. The lowest BCUT2D eigenvalue weighted by Gasteiger charge is -2.17. The third-order valence-electron chi connectivity index (χ3n) is 5.09. The van der Waals surface area contributed by atoms with E-state index >= 15 is 0 Å². The van der Waals surface area contributed by atoms with Crippen LogP contribution in [0.2, 0.25) is 5.02 Å². The van der Waals surface area contributed by atoms with Gasteiger partial charge in [-0.2, -0.15) is 0 Å². The summed E-state index contributed by atoms with van der Waals surface area (Å²) in [7, 11) is -3.89. The van der Waals surface area contributed by atoms with Crippen molar-refractivity contribution in [3.05, 3.63) is 71.5 Å². The Morgan fingerprint density at radius 1 is 1.09 bits per heavy atom. The van der Waals surface area contributed by atoms with Gasteiger partial charge in [-0.05, 0) is 61.5 Å². The van der Waals surface area contributed by atoms with Gasteiger partial charge in [-0.15, -0.1) is 0 Å². The third kappa shape index (κ3) is 5.29. The van der Waals surface area contributed by atoms with E-state index in [1.54, 1.807) is 42.2 Å². The maximum atomic E-state index is 12.7. The molecule has 33 heavy (non-hydrogen) atoms. The first-order valence-corrected chi connectivity index (χ1v) is 11.9. The van der Waals surface area contributed by atoms with Gasteiger partial charge in [0.2, 0.25) is 17.8 Å². The van der Waals surface area contributed by atoms with Crippen molar-refractivity contribution in [2.45, 2.75) is 18.2 Å². The van der Waals surface area contributed by atoms with Crippen molar-refractivity contribution in [3.8, 4) is 0 Å². The van der Waals surface area contributed by atoms with Crippen LogP contribution in [0.4, 0.5) is 17.3 Å². The second-order valence-electron chi connectivity index (χ2n) is 7.52. The molecule has 4 rings (SSSR count). The highest BCUT2D eigenvalue weighted by Gasteiger charge is 2.35. The van der Waals surface area contributed by atoms with E-state index < -0.39 is 15.9 Å². The van der Waals surface area contributed by atoms with Crippen LogP contribution in [-0.2, 0) is 19.6 Å². The van der Waals surface area contributed by atoms with E-state index in [1.807, 2.05) is 0 Å². The molecule has 2 aromatic carbocycles. The topological polar surface area (TPSA) is 121 Å². The van der Waals surface area contributed by atoms with Crippen LogP contribution < -0.4 is 14.9 Å². The van der Waals surface area contributed by atoms with Gasteiger partial charge in [0.1, 0.15) is 0 Å². The molecule has 170 valence electrons. The molecule has 1 saturated heterocycles. The molecule has 1 fully saturated rings. The Hall–Kier alpha value is -3.50. The third-order valence-corrected chi connectivity index (χ3v) is 6.68. The van der Waals surface area contributed by atoms with Crippen molar-refractivity contribution < 1.29 is 18.0 Å². The largest absolute Gasteiger partial charge is 0.326 e. The van der Waals surface area contributed by atoms with Crippen LogP contribution in [0.1, 0.15) is 12.1 Å². The summed E-state index contributed by atoms with van der Waals surface area (Å²) in [5.74, 6) is -1.02. The van der Waals surface area contributed by atoms with Gasteiger partial charge in [0.25, 0.3) is 10.0 Å². The van der Waals surface area contributed by atoms with Crippen LogP contribution in [0, 0.1) is 12.8 Å². The SMILES string of the molecule is Cc1ccnc(NS(=O)(=O)c2ccc(NC(=O)C3CC(=O)N(c4ccc(Cl)cc4)C3)cc2)n1. The zero-order valence-electron chi connectivity index (χ0n) is 17.5. The standard InChI is InChI=1S/C22H20ClN5O4S/c1-14-10-11-24-22(25-14)27-33(31,32)19-8-4-17(5-9-19)26-21(30)15-12-20(29)28(13-15)18-6-2-16(23)3-7-18/h2-11,15H,12-13H2,1H3,(H,26,30)(H,24,25,27). The van der Waals surface area contributed by atoms with E-state index in [-0.39, 0.29) is 35.6 Å². The van der Waals surface area contributed by atoms with Crippen LogP contribution in [-0.4, -0.2) is 36.7 Å². The van der Waals surface area contributed by atoms with Crippen molar-refractivity contribution in [2.75, 3.05) is 21.5 Å². The van der Waals surface area contributed by atoms with Crippen molar-refractivity contribution in [2.24, 2.45) is 5.92 Å². The van der Waals surface area contributed by atoms with Gasteiger partial charge >= 0.3 is 0 Å². The van der Waals surface area contributed by atoms with E-state index in [1.165, 1.54) is 30.5 Å². The molecule has 0 radical (unpaired) electrons. The molecule has 2 heterocycles. The Kier molecular flexibility index (Phi) is 6.30. The van der Waals surface area contributed by atoms with Crippen molar-refractivity contribution in [3.63, 3.8) is 0 Å². The van der Waals surface area contributed by atoms with E-state index in [2.05, 4.69) is 20.0 Å². The molecular weight excluding hydrogens is 466 g/mol. The summed E-state index contributed by atoms with van der Waals surface area (Å²) in [5.41, 5.74) is 1.73. The van der Waals surface area contributed by atoms with Crippen LogP contribution in [0.5, 0.6) is 0 Å². The summed E-state index contributed by atoms with van der Waals surface area (Å²) < 4.78 is 27.4. The number of amides is 2.